The van der Waals surface area contributed by atoms with Gasteiger partial charge in [0, 0.05) is 34.7 Å². The molecule has 8 heteroatoms. The molecule has 0 bridgehead atoms. The molecule has 1 saturated heterocycles. The summed E-state index contributed by atoms with van der Waals surface area (Å²) in [6, 6.07) is 11.0. The first-order valence-corrected chi connectivity index (χ1v) is 10.5. The maximum Gasteiger partial charge on any atom is 0.253 e. The van der Waals surface area contributed by atoms with Crippen molar-refractivity contribution in [1.29, 1.82) is 0 Å². The fourth-order valence-corrected chi connectivity index (χ4v) is 3.87. The smallest absolute Gasteiger partial charge is 0.253 e. The molecule has 3 amide bonds. The maximum atomic E-state index is 13.0. The van der Waals surface area contributed by atoms with E-state index in [1.807, 2.05) is 19.1 Å². The first-order valence-electron chi connectivity index (χ1n) is 9.72. The highest BCUT2D eigenvalue weighted by Gasteiger charge is 2.28. The summed E-state index contributed by atoms with van der Waals surface area (Å²) in [6.45, 7) is 2.67. The number of piperidine rings is 1. The molecule has 0 aromatic heterocycles. The molecule has 0 saturated carbocycles. The van der Waals surface area contributed by atoms with Gasteiger partial charge in [-0.2, -0.15) is 0 Å². The number of nitrogens with zero attached hydrogens (tertiary/aromatic N) is 1. The van der Waals surface area contributed by atoms with E-state index in [1.165, 1.54) is 24.3 Å². The third-order valence-electron chi connectivity index (χ3n) is 5.13. The fraction of sp³-hybridized carbons (Fsp3) is 0.318. The average Bonchev–Trinajstić information content (AvgIpc) is 2.74. The van der Waals surface area contributed by atoms with Crippen molar-refractivity contribution >= 4 is 39.3 Å². The van der Waals surface area contributed by atoms with Crippen molar-refractivity contribution in [3.8, 4) is 0 Å². The Hall–Kier alpha value is -2.74. The van der Waals surface area contributed by atoms with Crippen LogP contribution in [0.2, 0.25) is 0 Å². The lowest BCUT2D eigenvalue weighted by Gasteiger charge is -2.31. The van der Waals surface area contributed by atoms with Crippen molar-refractivity contribution in [3.63, 3.8) is 0 Å². The van der Waals surface area contributed by atoms with Crippen LogP contribution in [-0.4, -0.2) is 42.3 Å². The highest BCUT2D eigenvalue weighted by molar-refractivity contribution is 9.10. The van der Waals surface area contributed by atoms with E-state index in [4.69, 9.17) is 0 Å². The lowest BCUT2D eigenvalue weighted by molar-refractivity contribution is -0.128. The third-order valence-corrected chi connectivity index (χ3v) is 5.62. The van der Waals surface area contributed by atoms with Crippen LogP contribution in [0.1, 0.15) is 28.8 Å². The number of benzene rings is 2. The third kappa shape index (κ3) is 5.66. The number of amides is 3. The van der Waals surface area contributed by atoms with Crippen LogP contribution in [0.25, 0.3) is 0 Å². The highest BCUT2D eigenvalue weighted by Crippen LogP contribution is 2.21. The van der Waals surface area contributed by atoms with E-state index in [0.29, 0.717) is 37.2 Å². The van der Waals surface area contributed by atoms with Crippen molar-refractivity contribution in [2.24, 2.45) is 5.92 Å². The quantitative estimate of drug-likeness (QED) is 0.694. The number of carbonyl (C=O) groups excluding carboxylic acids is 3. The van der Waals surface area contributed by atoms with Gasteiger partial charge in [0.05, 0.1) is 6.54 Å². The Morgan fingerprint density at radius 2 is 1.77 bits per heavy atom. The van der Waals surface area contributed by atoms with E-state index < -0.39 is 0 Å². The zero-order chi connectivity index (χ0) is 21.7. The van der Waals surface area contributed by atoms with Gasteiger partial charge in [0.15, 0.2) is 0 Å². The van der Waals surface area contributed by atoms with Crippen LogP contribution in [0.5, 0.6) is 0 Å². The summed E-state index contributed by atoms with van der Waals surface area (Å²) < 4.78 is 13.9. The van der Waals surface area contributed by atoms with Gasteiger partial charge in [-0.25, -0.2) is 4.39 Å². The number of aryl methyl sites for hydroxylation is 1. The number of likely N-dealkylation sites (tertiary alicyclic amines) is 1. The number of hydrogen-bond acceptors (Lipinski definition) is 3. The second-order valence-corrected chi connectivity index (χ2v) is 8.21. The first-order chi connectivity index (χ1) is 14.3. The van der Waals surface area contributed by atoms with E-state index in [2.05, 4.69) is 26.6 Å². The molecular weight excluding hydrogens is 453 g/mol. The number of rotatable bonds is 5. The monoisotopic (exact) mass is 475 g/mol. The second-order valence-electron chi connectivity index (χ2n) is 7.30. The Kier molecular flexibility index (Phi) is 7.20. The van der Waals surface area contributed by atoms with Crippen LogP contribution in [-0.2, 0) is 9.59 Å². The number of hydrogen-bond donors (Lipinski definition) is 2. The molecule has 30 heavy (non-hydrogen) atoms. The number of halogens is 2. The Balaban J connectivity index is 1.44. The lowest BCUT2D eigenvalue weighted by atomic mass is 9.95. The van der Waals surface area contributed by atoms with Gasteiger partial charge in [0.2, 0.25) is 11.8 Å². The molecule has 1 aliphatic heterocycles. The zero-order valence-corrected chi connectivity index (χ0v) is 18.2. The number of nitrogens with one attached hydrogen (secondary N) is 2. The van der Waals surface area contributed by atoms with E-state index in [9.17, 15) is 18.8 Å². The Morgan fingerprint density at radius 1 is 1.10 bits per heavy atom. The SMILES string of the molecule is Cc1cc(Br)ccc1NC(=O)CNC(=O)C1CCN(C(=O)c2ccc(F)cc2)CC1. The van der Waals surface area contributed by atoms with E-state index in [-0.39, 0.29) is 36.0 Å². The molecule has 0 radical (unpaired) electrons. The van der Waals surface area contributed by atoms with Gasteiger partial charge in [-0.1, -0.05) is 15.9 Å². The minimum Gasteiger partial charge on any atom is -0.347 e. The molecule has 6 nitrogen and oxygen atoms in total. The predicted molar refractivity (Wildman–Crippen MR) is 116 cm³/mol. The highest BCUT2D eigenvalue weighted by atomic mass is 79.9. The summed E-state index contributed by atoms with van der Waals surface area (Å²) in [6.07, 6.45) is 1.04. The van der Waals surface area contributed by atoms with Crippen LogP contribution in [0.3, 0.4) is 0 Å². The molecule has 1 fully saturated rings. The molecule has 0 spiro atoms. The molecule has 3 rings (SSSR count). The summed E-state index contributed by atoms with van der Waals surface area (Å²) in [5.41, 5.74) is 2.05. The summed E-state index contributed by atoms with van der Waals surface area (Å²) >= 11 is 3.38. The van der Waals surface area contributed by atoms with Crippen molar-refractivity contribution in [2.45, 2.75) is 19.8 Å². The molecule has 0 unspecified atom stereocenters. The summed E-state index contributed by atoms with van der Waals surface area (Å²) in [5, 5.41) is 5.47. The van der Waals surface area contributed by atoms with Gasteiger partial charge in [0.25, 0.3) is 5.91 Å². The maximum absolute atomic E-state index is 13.0. The first kappa shape index (κ1) is 22.0. The van der Waals surface area contributed by atoms with Crippen molar-refractivity contribution in [2.75, 3.05) is 25.0 Å². The molecule has 2 aromatic rings. The van der Waals surface area contributed by atoms with Crippen LogP contribution in [0, 0.1) is 18.7 Å². The average molecular weight is 476 g/mol. The van der Waals surface area contributed by atoms with Gasteiger partial charge >= 0.3 is 0 Å². The lowest BCUT2D eigenvalue weighted by Crippen LogP contribution is -2.44. The van der Waals surface area contributed by atoms with E-state index in [1.54, 1.807) is 11.0 Å². The number of anilines is 1. The van der Waals surface area contributed by atoms with Gasteiger partial charge in [0.1, 0.15) is 5.82 Å². The summed E-state index contributed by atoms with van der Waals surface area (Å²) in [5.74, 6) is -1.28. The van der Waals surface area contributed by atoms with Gasteiger partial charge in [-0.3, -0.25) is 14.4 Å². The Morgan fingerprint density at radius 3 is 2.40 bits per heavy atom. The molecule has 0 aliphatic carbocycles. The van der Waals surface area contributed by atoms with Gasteiger partial charge in [-0.15, -0.1) is 0 Å². The fourth-order valence-electron chi connectivity index (χ4n) is 3.39. The van der Waals surface area contributed by atoms with Crippen LogP contribution in [0.15, 0.2) is 46.9 Å². The minimum absolute atomic E-state index is 0.108. The molecular formula is C22H23BrFN3O3. The normalized spacial score (nSPS) is 14.3. The second kappa shape index (κ2) is 9.84. The van der Waals surface area contributed by atoms with Crippen molar-refractivity contribution < 1.29 is 18.8 Å². The topological polar surface area (TPSA) is 78.5 Å². The van der Waals surface area contributed by atoms with Gasteiger partial charge in [-0.05, 0) is 67.8 Å². The minimum atomic E-state index is -0.388. The molecule has 158 valence electrons. The van der Waals surface area contributed by atoms with Crippen molar-refractivity contribution in [3.05, 3.63) is 63.9 Å². The van der Waals surface area contributed by atoms with Crippen LogP contribution in [0.4, 0.5) is 10.1 Å². The standard InChI is InChI=1S/C22H23BrFN3O3/c1-14-12-17(23)4-7-19(14)26-20(28)13-25-21(29)15-8-10-27(11-9-15)22(30)16-2-5-18(24)6-3-16/h2-7,12,15H,8-11,13H2,1H3,(H,25,29)(H,26,28). The molecule has 1 heterocycles. The molecule has 0 atom stereocenters. The number of carbonyl (C=O) groups is 3. The summed E-state index contributed by atoms with van der Waals surface area (Å²) in [4.78, 5) is 38.7. The summed E-state index contributed by atoms with van der Waals surface area (Å²) in [7, 11) is 0. The Labute approximate surface area is 183 Å². The zero-order valence-electron chi connectivity index (χ0n) is 16.6. The predicted octanol–water partition coefficient (Wildman–Crippen LogP) is 3.50. The van der Waals surface area contributed by atoms with Gasteiger partial charge < -0.3 is 15.5 Å². The Bertz CT molecular complexity index is 941. The van der Waals surface area contributed by atoms with Crippen LogP contribution >= 0.6 is 15.9 Å². The molecule has 2 N–H and O–H groups in total. The molecule has 2 aromatic carbocycles. The van der Waals surface area contributed by atoms with Crippen LogP contribution < -0.4 is 10.6 Å². The molecule has 1 aliphatic rings. The van der Waals surface area contributed by atoms with E-state index >= 15 is 0 Å². The van der Waals surface area contributed by atoms with E-state index in [0.717, 1.165) is 10.0 Å². The van der Waals surface area contributed by atoms with Crippen molar-refractivity contribution in [1.82, 2.24) is 10.2 Å². The largest absolute Gasteiger partial charge is 0.347 e.